The van der Waals surface area contributed by atoms with Crippen molar-refractivity contribution in [3.63, 3.8) is 0 Å². The molecule has 6 nitrogen and oxygen atoms in total. The zero-order valence-corrected chi connectivity index (χ0v) is 18.2. The molecule has 28 heavy (non-hydrogen) atoms. The molecule has 1 fully saturated rings. The van der Waals surface area contributed by atoms with Crippen molar-refractivity contribution < 1.29 is 4.79 Å². The van der Waals surface area contributed by atoms with Gasteiger partial charge < -0.3 is 4.90 Å². The van der Waals surface area contributed by atoms with Crippen LogP contribution in [0.5, 0.6) is 0 Å². The second-order valence-electron chi connectivity index (χ2n) is 6.87. The second kappa shape index (κ2) is 8.69. The monoisotopic (exact) mass is 433 g/mol. The van der Waals surface area contributed by atoms with Crippen molar-refractivity contribution >= 4 is 40.8 Å². The largest absolute Gasteiger partial charge is 0.338 e. The fraction of sp³-hybridized carbons (Fsp3) is 0.421. The molecule has 1 atom stereocenters. The van der Waals surface area contributed by atoms with E-state index >= 15 is 0 Å². The summed E-state index contributed by atoms with van der Waals surface area (Å²) in [6, 6.07) is 7.88. The van der Waals surface area contributed by atoms with Gasteiger partial charge in [0.15, 0.2) is 10.6 Å². The van der Waals surface area contributed by atoms with Crippen molar-refractivity contribution in [1.29, 1.82) is 0 Å². The normalized spacial score (nSPS) is 16.4. The molecule has 0 spiro atoms. The van der Waals surface area contributed by atoms with Gasteiger partial charge in [-0.05, 0) is 48.5 Å². The van der Waals surface area contributed by atoms with Crippen LogP contribution in [-0.2, 0) is 11.2 Å². The molecule has 1 N–H and O–H groups in total. The summed E-state index contributed by atoms with van der Waals surface area (Å²) in [6.07, 6.45) is 1.08. The lowest BCUT2D eigenvalue weighted by Gasteiger charge is -2.36. The van der Waals surface area contributed by atoms with E-state index in [1.165, 1.54) is 4.88 Å². The first-order valence-electron chi connectivity index (χ1n) is 9.38. The third-order valence-electron chi connectivity index (χ3n) is 5.13. The topological polar surface area (TPSA) is 57.2 Å². The summed E-state index contributed by atoms with van der Waals surface area (Å²) in [5.41, 5.74) is 0. The molecule has 1 amide bonds. The Bertz CT molecular complexity index is 952. The van der Waals surface area contributed by atoms with Crippen LogP contribution >= 0.6 is 34.9 Å². The van der Waals surface area contributed by atoms with Crippen LogP contribution < -0.4 is 0 Å². The average Bonchev–Trinajstić information content (AvgIpc) is 3.47. The van der Waals surface area contributed by atoms with Gasteiger partial charge in [0.05, 0.1) is 4.88 Å². The number of rotatable bonds is 6. The number of aromatic nitrogens is 3. The van der Waals surface area contributed by atoms with E-state index in [1.54, 1.807) is 11.3 Å². The summed E-state index contributed by atoms with van der Waals surface area (Å²) in [7, 11) is 0. The zero-order valence-electron chi connectivity index (χ0n) is 15.7. The highest BCUT2D eigenvalue weighted by Crippen LogP contribution is 2.26. The third-order valence-corrected chi connectivity index (χ3v) is 7.22. The summed E-state index contributed by atoms with van der Waals surface area (Å²) in [5.74, 6) is 0.837. The molecule has 148 valence electrons. The number of hydrogen-bond acceptors (Lipinski definition) is 6. The predicted molar refractivity (Wildman–Crippen MR) is 116 cm³/mol. The van der Waals surface area contributed by atoms with Crippen LogP contribution in [0.1, 0.15) is 17.8 Å². The molecule has 0 aromatic carbocycles. The van der Waals surface area contributed by atoms with Crippen LogP contribution in [0.4, 0.5) is 0 Å². The quantitative estimate of drug-likeness (QED) is 0.603. The van der Waals surface area contributed by atoms with Gasteiger partial charge in [0.2, 0.25) is 5.91 Å². The number of piperazine rings is 1. The molecule has 9 heteroatoms. The minimum atomic E-state index is -0.374. The molecule has 4 heterocycles. The Labute approximate surface area is 177 Å². The number of hydrogen-bond donors (Lipinski definition) is 1. The molecule has 0 saturated carbocycles. The van der Waals surface area contributed by atoms with Gasteiger partial charge in [0.25, 0.3) is 0 Å². The number of nitrogens with one attached hydrogen (secondary N) is 1. The Morgan fingerprint density at radius 1 is 1.21 bits per heavy atom. The zero-order chi connectivity index (χ0) is 19.5. The van der Waals surface area contributed by atoms with E-state index < -0.39 is 0 Å². The van der Waals surface area contributed by atoms with Crippen LogP contribution in [0.15, 0.2) is 35.0 Å². The van der Waals surface area contributed by atoms with Gasteiger partial charge in [-0.15, -0.1) is 22.7 Å². The summed E-state index contributed by atoms with van der Waals surface area (Å²) in [6.45, 7) is 6.30. The van der Waals surface area contributed by atoms with Gasteiger partial charge in [-0.2, -0.15) is 5.10 Å². The van der Waals surface area contributed by atoms with Crippen molar-refractivity contribution in [1.82, 2.24) is 24.6 Å². The summed E-state index contributed by atoms with van der Waals surface area (Å²) in [5, 5.41) is 11.3. The smallest absolute Gasteiger partial charge is 0.245 e. The molecule has 1 unspecified atom stereocenters. The molecule has 1 aliphatic heterocycles. The molecular weight excluding hydrogens is 410 g/mol. The van der Waals surface area contributed by atoms with E-state index in [2.05, 4.69) is 32.6 Å². The Morgan fingerprint density at radius 3 is 2.64 bits per heavy atom. The molecule has 0 radical (unpaired) electrons. The number of H-pyrrole nitrogens is 1. The van der Waals surface area contributed by atoms with Gasteiger partial charge in [-0.1, -0.05) is 12.1 Å². The second-order valence-corrected chi connectivity index (χ2v) is 9.24. The van der Waals surface area contributed by atoms with Crippen molar-refractivity contribution in [2.75, 3.05) is 32.7 Å². The molecule has 0 aliphatic carbocycles. The van der Waals surface area contributed by atoms with Crippen molar-refractivity contribution in [3.8, 4) is 10.7 Å². The number of thiophene rings is 2. The molecule has 1 aliphatic rings. The van der Waals surface area contributed by atoms with Crippen LogP contribution in [0.2, 0.25) is 0 Å². The van der Waals surface area contributed by atoms with E-state index in [4.69, 9.17) is 12.2 Å². The lowest BCUT2D eigenvalue weighted by molar-refractivity contribution is -0.136. The molecule has 3 aromatic rings. The van der Waals surface area contributed by atoms with E-state index in [-0.39, 0.29) is 11.9 Å². The van der Waals surface area contributed by atoms with Crippen molar-refractivity contribution in [3.05, 3.63) is 44.7 Å². The molecule has 3 aromatic heterocycles. The average molecular weight is 434 g/mol. The lowest BCUT2D eigenvalue weighted by atomic mass is 10.2. The number of nitrogens with zero attached hydrogens (tertiary/aromatic N) is 4. The molecule has 4 rings (SSSR count). The standard InChI is InChI=1S/C19H23N5OS3/c1-14(24-17(20-21-19(24)26)16-5-3-13-28-16)18(25)23-10-8-22(9-11-23)7-6-15-4-2-12-27-15/h2-5,12-14H,6-11H2,1H3,(H,21,26). The minimum absolute atomic E-state index is 0.105. The minimum Gasteiger partial charge on any atom is -0.338 e. The van der Waals surface area contributed by atoms with E-state index in [0.717, 1.165) is 49.8 Å². The summed E-state index contributed by atoms with van der Waals surface area (Å²) in [4.78, 5) is 19.9. The first kappa shape index (κ1) is 19.5. The molecule has 0 bridgehead atoms. The van der Waals surface area contributed by atoms with Crippen molar-refractivity contribution in [2.24, 2.45) is 0 Å². The highest BCUT2D eigenvalue weighted by molar-refractivity contribution is 7.71. The van der Waals surface area contributed by atoms with Gasteiger partial charge in [0.1, 0.15) is 6.04 Å². The van der Waals surface area contributed by atoms with E-state index in [1.807, 2.05) is 45.2 Å². The first-order valence-corrected chi connectivity index (χ1v) is 11.5. The third kappa shape index (κ3) is 4.12. The van der Waals surface area contributed by atoms with Gasteiger partial charge >= 0.3 is 0 Å². The fourth-order valence-corrected chi connectivity index (χ4v) is 5.23. The number of carbonyl (C=O) groups is 1. The Kier molecular flexibility index (Phi) is 6.05. The van der Waals surface area contributed by atoms with Crippen LogP contribution in [0, 0.1) is 4.77 Å². The fourth-order valence-electron chi connectivity index (χ4n) is 3.53. The van der Waals surface area contributed by atoms with Crippen molar-refractivity contribution in [2.45, 2.75) is 19.4 Å². The summed E-state index contributed by atoms with van der Waals surface area (Å²) >= 11 is 8.81. The first-order chi connectivity index (χ1) is 13.6. The molecule has 1 saturated heterocycles. The maximum atomic E-state index is 13.1. The Balaban J connectivity index is 1.38. The van der Waals surface area contributed by atoms with E-state index in [9.17, 15) is 4.79 Å². The molecular formula is C19H23N5OS3. The maximum Gasteiger partial charge on any atom is 0.245 e. The van der Waals surface area contributed by atoms with Crippen LogP contribution in [-0.4, -0.2) is 63.2 Å². The van der Waals surface area contributed by atoms with Crippen LogP contribution in [0.25, 0.3) is 10.7 Å². The maximum absolute atomic E-state index is 13.1. The number of carbonyl (C=O) groups excluding carboxylic acids is 1. The number of aromatic amines is 1. The van der Waals surface area contributed by atoms with E-state index in [0.29, 0.717) is 4.77 Å². The van der Waals surface area contributed by atoms with Gasteiger partial charge in [-0.25, -0.2) is 0 Å². The lowest BCUT2D eigenvalue weighted by Crippen LogP contribution is -2.50. The highest BCUT2D eigenvalue weighted by atomic mass is 32.1. The number of amides is 1. The SMILES string of the molecule is CC(C(=O)N1CCN(CCc2cccs2)CC1)n1c(-c2cccs2)n[nH]c1=S. The predicted octanol–water partition coefficient (Wildman–Crippen LogP) is 3.68. The van der Waals surface area contributed by atoms with Crippen LogP contribution in [0.3, 0.4) is 0 Å². The Hall–Kier alpha value is -1.81. The van der Waals surface area contributed by atoms with Gasteiger partial charge in [-0.3, -0.25) is 19.4 Å². The van der Waals surface area contributed by atoms with Gasteiger partial charge in [0, 0.05) is 37.6 Å². The Morgan fingerprint density at radius 2 is 1.96 bits per heavy atom. The highest BCUT2D eigenvalue weighted by Gasteiger charge is 2.28. The summed E-state index contributed by atoms with van der Waals surface area (Å²) < 4.78 is 2.32.